The van der Waals surface area contributed by atoms with Crippen molar-refractivity contribution in [2.24, 2.45) is 0 Å². The summed E-state index contributed by atoms with van der Waals surface area (Å²) in [6.45, 7) is 10.6. The molecule has 0 saturated carbocycles. The van der Waals surface area contributed by atoms with Crippen LogP contribution >= 0.6 is 11.8 Å². The van der Waals surface area contributed by atoms with Gasteiger partial charge in [-0.2, -0.15) is 4.31 Å². The fraction of sp³-hybridized carbons (Fsp3) is 0.545. The van der Waals surface area contributed by atoms with Gasteiger partial charge in [0.15, 0.2) is 0 Å². The summed E-state index contributed by atoms with van der Waals surface area (Å²) in [5, 5.41) is 6.88. The maximum absolute atomic E-state index is 13.1. The minimum Gasteiger partial charge on any atom is -0.379 e. The monoisotopic (exact) mass is 496 g/mol. The van der Waals surface area contributed by atoms with Crippen LogP contribution in [0.1, 0.15) is 30.9 Å². The van der Waals surface area contributed by atoms with Gasteiger partial charge in [-0.1, -0.05) is 5.16 Å². The summed E-state index contributed by atoms with van der Waals surface area (Å²) in [5.74, 6) is 1.40. The highest BCUT2D eigenvalue weighted by Gasteiger charge is 2.27. The number of rotatable bonds is 10. The van der Waals surface area contributed by atoms with Gasteiger partial charge in [0, 0.05) is 37.5 Å². The van der Waals surface area contributed by atoms with Crippen molar-refractivity contribution in [3.63, 3.8) is 0 Å². The molecule has 0 aliphatic carbocycles. The molecule has 1 aromatic heterocycles. The van der Waals surface area contributed by atoms with Gasteiger partial charge in [0.1, 0.15) is 5.76 Å². The molecule has 1 aromatic carbocycles. The van der Waals surface area contributed by atoms with Gasteiger partial charge >= 0.3 is 0 Å². The van der Waals surface area contributed by atoms with Crippen LogP contribution in [0.2, 0.25) is 0 Å². The molecule has 1 fully saturated rings. The van der Waals surface area contributed by atoms with Crippen LogP contribution < -0.4 is 10.2 Å². The molecule has 182 valence electrons. The number of ether oxygens (including phenoxy) is 1. The van der Waals surface area contributed by atoms with Gasteiger partial charge in [-0.05, 0) is 45.9 Å². The van der Waals surface area contributed by atoms with E-state index in [1.807, 2.05) is 27.7 Å². The van der Waals surface area contributed by atoms with Gasteiger partial charge in [-0.15, -0.1) is 11.8 Å². The highest BCUT2D eigenvalue weighted by Crippen LogP contribution is 2.31. The predicted octanol–water partition coefficient (Wildman–Crippen LogP) is 3.03. The molecular weight excluding hydrogens is 464 g/mol. The molecule has 9 nitrogen and oxygen atoms in total. The molecule has 0 atom stereocenters. The molecule has 0 bridgehead atoms. The number of nitrogens with zero attached hydrogens (tertiary/aromatic N) is 3. The molecule has 2 heterocycles. The summed E-state index contributed by atoms with van der Waals surface area (Å²) in [6, 6.07) is 4.95. The van der Waals surface area contributed by atoms with E-state index < -0.39 is 10.0 Å². The van der Waals surface area contributed by atoms with Gasteiger partial charge < -0.3 is 19.5 Å². The fourth-order valence-corrected chi connectivity index (χ4v) is 6.10. The zero-order chi connectivity index (χ0) is 24.0. The SMILES string of the molecule is CCN(CC)c1ccc(S(=O)(=O)N2CCOCC2)cc1NC(=O)CSCc1c(C)noc1C. The third kappa shape index (κ3) is 6.08. The molecule has 11 heteroatoms. The number of carbonyl (C=O) groups excluding carboxylic acids is 1. The Bertz CT molecular complexity index is 1040. The number of carbonyl (C=O) groups is 1. The number of morpholine rings is 1. The van der Waals surface area contributed by atoms with E-state index >= 15 is 0 Å². The van der Waals surface area contributed by atoms with E-state index in [2.05, 4.69) is 15.4 Å². The van der Waals surface area contributed by atoms with Gasteiger partial charge in [0.25, 0.3) is 0 Å². The number of aryl methyl sites for hydroxylation is 2. The van der Waals surface area contributed by atoms with Crippen molar-refractivity contribution in [3.05, 3.63) is 35.2 Å². The van der Waals surface area contributed by atoms with Crippen molar-refractivity contribution >= 4 is 39.1 Å². The second-order valence-electron chi connectivity index (χ2n) is 7.71. The molecule has 1 N–H and O–H groups in total. The topological polar surface area (TPSA) is 105 Å². The second-order valence-corrected chi connectivity index (χ2v) is 10.6. The van der Waals surface area contributed by atoms with Gasteiger partial charge in [0.05, 0.1) is 40.9 Å². The Kier molecular flexibility index (Phi) is 8.80. The van der Waals surface area contributed by atoms with Gasteiger partial charge in [-0.3, -0.25) is 4.79 Å². The van der Waals surface area contributed by atoms with Crippen molar-refractivity contribution in [2.45, 2.75) is 38.3 Å². The Hall–Kier alpha value is -2.08. The number of hydrogen-bond acceptors (Lipinski definition) is 8. The van der Waals surface area contributed by atoms with Crippen LogP contribution in [-0.4, -0.2) is 68.9 Å². The largest absolute Gasteiger partial charge is 0.379 e. The summed E-state index contributed by atoms with van der Waals surface area (Å²) < 4.78 is 38.2. The third-order valence-electron chi connectivity index (χ3n) is 5.61. The lowest BCUT2D eigenvalue weighted by molar-refractivity contribution is -0.113. The maximum atomic E-state index is 13.1. The van der Waals surface area contributed by atoms with E-state index in [0.29, 0.717) is 37.7 Å². The first kappa shape index (κ1) is 25.5. The molecule has 0 unspecified atom stereocenters. The molecule has 1 aliphatic heterocycles. The number of benzene rings is 1. The van der Waals surface area contributed by atoms with E-state index in [4.69, 9.17) is 9.26 Å². The lowest BCUT2D eigenvalue weighted by Gasteiger charge is -2.28. The summed E-state index contributed by atoms with van der Waals surface area (Å²) in [5.41, 5.74) is 3.11. The van der Waals surface area contributed by atoms with E-state index in [-0.39, 0.29) is 16.6 Å². The zero-order valence-electron chi connectivity index (χ0n) is 19.6. The van der Waals surface area contributed by atoms with Crippen molar-refractivity contribution in [1.29, 1.82) is 0 Å². The van der Waals surface area contributed by atoms with E-state index in [9.17, 15) is 13.2 Å². The average Bonchev–Trinajstić information content (AvgIpc) is 3.13. The second kappa shape index (κ2) is 11.4. The number of thioether (sulfide) groups is 1. The summed E-state index contributed by atoms with van der Waals surface area (Å²) in [6.07, 6.45) is 0. The fourth-order valence-electron chi connectivity index (χ4n) is 3.69. The van der Waals surface area contributed by atoms with Crippen LogP contribution in [0, 0.1) is 13.8 Å². The number of nitrogens with one attached hydrogen (secondary N) is 1. The number of amides is 1. The van der Waals surface area contributed by atoms with Crippen LogP contribution in [0.3, 0.4) is 0 Å². The van der Waals surface area contributed by atoms with E-state index in [0.717, 1.165) is 35.8 Å². The van der Waals surface area contributed by atoms with Crippen molar-refractivity contribution in [3.8, 4) is 0 Å². The van der Waals surface area contributed by atoms with E-state index in [1.54, 1.807) is 18.2 Å². The minimum absolute atomic E-state index is 0.166. The first-order valence-electron chi connectivity index (χ1n) is 11.0. The molecule has 2 aromatic rings. The highest BCUT2D eigenvalue weighted by atomic mass is 32.2. The highest BCUT2D eigenvalue weighted by molar-refractivity contribution is 7.99. The Morgan fingerprint density at radius 1 is 1.21 bits per heavy atom. The van der Waals surface area contributed by atoms with Crippen LogP contribution in [-0.2, 0) is 25.3 Å². The summed E-state index contributed by atoms with van der Waals surface area (Å²) >= 11 is 1.46. The third-order valence-corrected chi connectivity index (χ3v) is 8.47. The van der Waals surface area contributed by atoms with Crippen molar-refractivity contribution in [1.82, 2.24) is 9.46 Å². The Morgan fingerprint density at radius 3 is 2.52 bits per heavy atom. The average molecular weight is 497 g/mol. The normalized spacial score (nSPS) is 14.9. The molecule has 1 amide bonds. The van der Waals surface area contributed by atoms with Crippen LogP contribution in [0.15, 0.2) is 27.6 Å². The molecule has 0 radical (unpaired) electrons. The first-order valence-corrected chi connectivity index (χ1v) is 13.6. The standard InChI is InChI=1S/C22H32N4O5S2/c1-5-25(6-2)21-8-7-18(33(28,29)26-9-11-30-12-10-26)13-20(21)23-22(27)15-32-14-19-16(3)24-31-17(19)4/h7-8,13H,5-6,9-12,14-15H2,1-4H3,(H,23,27). The van der Waals surface area contributed by atoms with Crippen LogP contribution in [0.25, 0.3) is 0 Å². The number of anilines is 2. The van der Waals surface area contributed by atoms with E-state index in [1.165, 1.54) is 16.1 Å². The maximum Gasteiger partial charge on any atom is 0.243 e. The number of aromatic nitrogens is 1. The van der Waals surface area contributed by atoms with Crippen LogP contribution in [0.4, 0.5) is 11.4 Å². The Labute approximate surface area is 199 Å². The van der Waals surface area contributed by atoms with Crippen molar-refractivity contribution in [2.75, 3.05) is 55.4 Å². The lowest BCUT2D eigenvalue weighted by atomic mass is 10.2. The molecular formula is C22H32N4O5S2. The molecule has 33 heavy (non-hydrogen) atoms. The quantitative estimate of drug-likeness (QED) is 0.535. The number of sulfonamides is 1. The van der Waals surface area contributed by atoms with Crippen molar-refractivity contribution < 1.29 is 22.5 Å². The summed E-state index contributed by atoms with van der Waals surface area (Å²) in [4.78, 5) is 15.0. The minimum atomic E-state index is -3.67. The molecule has 0 spiro atoms. The molecule has 1 saturated heterocycles. The lowest BCUT2D eigenvalue weighted by Crippen LogP contribution is -2.40. The Morgan fingerprint density at radius 2 is 1.91 bits per heavy atom. The zero-order valence-corrected chi connectivity index (χ0v) is 21.2. The first-order chi connectivity index (χ1) is 15.8. The van der Waals surface area contributed by atoms with Crippen LogP contribution in [0.5, 0.6) is 0 Å². The smallest absolute Gasteiger partial charge is 0.243 e. The van der Waals surface area contributed by atoms with Gasteiger partial charge in [0.2, 0.25) is 15.9 Å². The van der Waals surface area contributed by atoms with Gasteiger partial charge in [-0.25, -0.2) is 8.42 Å². The summed E-state index contributed by atoms with van der Waals surface area (Å²) in [7, 11) is -3.67. The molecule has 1 aliphatic rings. The molecule has 3 rings (SSSR count). The predicted molar refractivity (Wildman–Crippen MR) is 130 cm³/mol. The number of hydrogen-bond donors (Lipinski definition) is 1. The Balaban J connectivity index is 1.78.